The SMILES string of the molecule is CNC(Cc1ccc(Cl)s1)c1ccc(C(C)C)cc1. The highest BCUT2D eigenvalue weighted by Crippen LogP contribution is 2.27. The molecule has 0 amide bonds. The highest BCUT2D eigenvalue weighted by atomic mass is 35.5. The molecule has 0 fully saturated rings. The van der Waals surface area contributed by atoms with Crippen LogP contribution in [0.4, 0.5) is 0 Å². The van der Waals surface area contributed by atoms with Gasteiger partial charge < -0.3 is 5.32 Å². The lowest BCUT2D eigenvalue weighted by Gasteiger charge is -2.17. The van der Waals surface area contributed by atoms with Gasteiger partial charge in [0.15, 0.2) is 0 Å². The first-order valence-corrected chi connectivity index (χ1v) is 7.81. The molecule has 2 rings (SSSR count). The summed E-state index contributed by atoms with van der Waals surface area (Å²) in [5.41, 5.74) is 2.72. The molecule has 0 radical (unpaired) electrons. The van der Waals surface area contributed by atoms with Crippen molar-refractivity contribution >= 4 is 22.9 Å². The molecule has 0 saturated heterocycles. The summed E-state index contributed by atoms with van der Waals surface area (Å²) in [6.45, 7) is 4.44. The molecular weight excluding hydrogens is 274 g/mol. The molecule has 1 N–H and O–H groups in total. The Kier molecular flexibility index (Phi) is 5.03. The van der Waals surface area contributed by atoms with Gasteiger partial charge in [-0.05, 0) is 36.2 Å². The number of hydrogen-bond donors (Lipinski definition) is 1. The van der Waals surface area contributed by atoms with Crippen molar-refractivity contribution in [2.24, 2.45) is 0 Å². The molecule has 1 atom stereocenters. The minimum atomic E-state index is 0.343. The second-order valence-corrected chi connectivity index (χ2v) is 6.87. The maximum atomic E-state index is 5.99. The van der Waals surface area contributed by atoms with Crippen LogP contribution in [0.25, 0.3) is 0 Å². The lowest BCUT2D eigenvalue weighted by atomic mass is 9.97. The molecular formula is C16H20ClNS. The summed E-state index contributed by atoms with van der Waals surface area (Å²) < 4.78 is 0.861. The normalized spacial score (nSPS) is 12.9. The Bertz CT molecular complexity index is 516. The maximum Gasteiger partial charge on any atom is 0.0931 e. The van der Waals surface area contributed by atoms with E-state index in [0.29, 0.717) is 12.0 Å². The molecule has 0 spiro atoms. The molecule has 0 bridgehead atoms. The third-order valence-electron chi connectivity index (χ3n) is 3.39. The second kappa shape index (κ2) is 6.56. The lowest BCUT2D eigenvalue weighted by molar-refractivity contribution is 0.596. The van der Waals surface area contributed by atoms with Gasteiger partial charge in [-0.15, -0.1) is 11.3 Å². The number of likely N-dealkylation sites (N-methyl/N-ethyl adjacent to an activating group) is 1. The summed E-state index contributed by atoms with van der Waals surface area (Å²) in [7, 11) is 2.01. The van der Waals surface area contributed by atoms with Gasteiger partial charge in [-0.2, -0.15) is 0 Å². The summed E-state index contributed by atoms with van der Waals surface area (Å²) in [6.07, 6.45) is 0.981. The minimum absolute atomic E-state index is 0.343. The first kappa shape index (κ1) is 14.6. The maximum absolute atomic E-state index is 5.99. The van der Waals surface area contributed by atoms with Gasteiger partial charge in [-0.3, -0.25) is 0 Å². The predicted molar refractivity (Wildman–Crippen MR) is 85.4 cm³/mol. The second-order valence-electron chi connectivity index (χ2n) is 5.07. The summed E-state index contributed by atoms with van der Waals surface area (Å²) in [6, 6.07) is 13.3. The first-order chi connectivity index (χ1) is 9.10. The fraction of sp³-hybridized carbons (Fsp3) is 0.375. The average Bonchev–Trinajstić information content (AvgIpc) is 2.81. The van der Waals surface area contributed by atoms with Crippen molar-refractivity contribution in [2.45, 2.75) is 32.2 Å². The summed E-state index contributed by atoms with van der Waals surface area (Å²) in [4.78, 5) is 1.32. The van der Waals surface area contributed by atoms with E-state index in [9.17, 15) is 0 Å². The first-order valence-electron chi connectivity index (χ1n) is 6.61. The quantitative estimate of drug-likeness (QED) is 0.815. The van der Waals surface area contributed by atoms with Crippen LogP contribution in [0.3, 0.4) is 0 Å². The zero-order valence-corrected chi connectivity index (χ0v) is 13.2. The van der Waals surface area contributed by atoms with Crippen molar-refractivity contribution in [3.63, 3.8) is 0 Å². The third-order valence-corrected chi connectivity index (χ3v) is 4.64. The van der Waals surface area contributed by atoms with Crippen LogP contribution in [-0.2, 0) is 6.42 Å². The molecule has 0 aliphatic rings. The van der Waals surface area contributed by atoms with Gasteiger partial charge in [0.05, 0.1) is 4.34 Å². The van der Waals surface area contributed by atoms with E-state index in [1.807, 2.05) is 13.1 Å². The van der Waals surface area contributed by atoms with Crippen LogP contribution >= 0.6 is 22.9 Å². The van der Waals surface area contributed by atoms with Gasteiger partial charge in [0, 0.05) is 17.3 Å². The van der Waals surface area contributed by atoms with Crippen molar-refractivity contribution in [1.29, 1.82) is 0 Å². The Labute approximate surface area is 124 Å². The summed E-state index contributed by atoms with van der Waals surface area (Å²) >= 11 is 7.65. The van der Waals surface area contributed by atoms with E-state index >= 15 is 0 Å². The molecule has 3 heteroatoms. The number of rotatable bonds is 5. The molecule has 1 unspecified atom stereocenters. The number of thiophene rings is 1. The highest BCUT2D eigenvalue weighted by molar-refractivity contribution is 7.16. The third kappa shape index (κ3) is 3.82. The topological polar surface area (TPSA) is 12.0 Å². The number of benzene rings is 1. The van der Waals surface area contributed by atoms with E-state index < -0.39 is 0 Å². The lowest BCUT2D eigenvalue weighted by Crippen LogP contribution is -2.18. The Balaban J connectivity index is 2.12. The molecule has 102 valence electrons. The zero-order chi connectivity index (χ0) is 13.8. The zero-order valence-electron chi connectivity index (χ0n) is 11.6. The van der Waals surface area contributed by atoms with Gasteiger partial charge in [0.2, 0.25) is 0 Å². The summed E-state index contributed by atoms with van der Waals surface area (Å²) in [5, 5.41) is 3.39. The van der Waals surface area contributed by atoms with E-state index in [1.54, 1.807) is 11.3 Å². The van der Waals surface area contributed by atoms with Crippen molar-refractivity contribution in [2.75, 3.05) is 7.05 Å². The van der Waals surface area contributed by atoms with Gasteiger partial charge in [-0.1, -0.05) is 49.7 Å². The highest BCUT2D eigenvalue weighted by Gasteiger charge is 2.12. The minimum Gasteiger partial charge on any atom is -0.313 e. The molecule has 1 nitrogen and oxygen atoms in total. The van der Waals surface area contributed by atoms with E-state index in [-0.39, 0.29) is 0 Å². The van der Waals surface area contributed by atoms with Gasteiger partial charge in [-0.25, -0.2) is 0 Å². The fourth-order valence-corrected chi connectivity index (χ4v) is 3.30. The van der Waals surface area contributed by atoms with Crippen molar-refractivity contribution < 1.29 is 0 Å². The molecule has 1 heterocycles. The van der Waals surface area contributed by atoms with E-state index in [1.165, 1.54) is 16.0 Å². The predicted octanol–water partition coefficient (Wildman–Crippen LogP) is 5.03. The van der Waals surface area contributed by atoms with Crippen LogP contribution in [0.15, 0.2) is 36.4 Å². The number of nitrogens with one attached hydrogen (secondary N) is 1. The Morgan fingerprint density at radius 1 is 1.05 bits per heavy atom. The molecule has 2 aromatic rings. The van der Waals surface area contributed by atoms with Gasteiger partial charge in [0.25, 0.3) is 0 Å². The average molecular weight is 294 g/mol. The number of halogens is 1. The molecule has 0 saturated carbocycles. The van der Waals surface area contributed by atoms with Crippen molar-refractivity contribution in [3.05, 3.63) is 56.7 Å². The van der Waals surface area contributed by atoms with Crippen molar-refractivity contribution in [1.82, 2.24) is 5.32 Å². The fourth-order valence-electron chi connectivity index (χ4n) is 2.16. The molecule has 19 heavy (non-hydrogen) atoms. The molecule has 1 aromatic heterocycles. The van der Waals surface area contributed by atoms with E-state index in [0.717, 1.165) is 10.8 Å². The molecule has 0 aliphatic heterocycles. The molecule has 1 aromatic carbocycles. The van der Waals surface area contributed by atoms with E-state index in [4.69, 9.17) is 11.6 Å². The van der Waals surface area contributed by atoms with E-state index in [2.05, 4.69) is 49.5 Å². The van der Waals surface area contributed by atoms with Gasteiger partial charge in [0.1, 0.15) is 0 Å². The monoisotopic (exact) mass is 293 g/mol. The standard InChI is InChI=1S/C16H20ClNS/c1-11(2)12-4-6-13(7-5-12)15(18-3)10-14-8-9-16(17)19-14/h4-9,11,15,18H,10H2,1-3H3. The molecule has 0 aliphatic carbocycles. The van der Waals surface area contributed by atoms with Crippen LogP contribution in [0.5, 0.6) is 0 Å². The van der Waals surface area contributed by atoms with Crippen LogP contribution < -0.4 is 5.32 Å². The van der Waals surface area contributed by atoms with Crippen molar-refractivity contribution in [3.8, 4) is 0 Å². The Morgan fingerprint density at radius 3 is 2.16 bits per heavy atom. The Morgan fingerprint density at radius 2 is 1.68 bits per heavy atom. The summed E-state index contributed by atoms with van der Waals surface area (Å²) in [5.74, 6) is 0.582. The van der Waals surface area contributed by atoms with Crippen LogP contribution in [0.2, 0.25) is 4.34 Å². The van der Waals surface area contributed by atoms with Crippen LogP contribution in [0.1, 0.15) is 41.8 Å². The van der Waals surface area contributed by atoms with Crippen LogP contribution in [0, 0.1) is 0 Å². The van der Waals surface area contributed by atoms with Gasteiger partial charge >= 0.3 is 0 Å². The largest absolute Gasteiger partial charge is 0.313 e. The Hall–Kier alpha value is -0.830. The smallest absolute Gasteiger partial charge is 0.0931 e. The number of hydrogen-bond acceptors (Lipinski definition) is 2. The van der Waals surface area contributed by atoms with Crippen LogP contribution in [-0.4, -0.2) is 7.05 Å².